The molecule has 0 unspecified atom stereocenters. The molecular formula is C10H8Cl3N4O5P. The lowest BCUT2D eigenvalue weighted by molar-refractivity contribution is 0.101. The molecular weight excluding hydrogens is 393 g/mol. The van der Waals surface area contributed by atoms with Crippen molar-refractivity contribution in [3.8, 4) is 0 Å². The molecule has 0 aliphatic carbocycles. The van der Waals surface area contributed by atoms with E-state index in [4.69, 9.17) is 44.6 Å². The summed E-state index contributed by atoms with van der Waals surface area (Å²) in [4.78, 5) is 30.0. The number of carbonyl (C=O) groups is 1. The van der Waals surface area contributed by atoms with Crippen molar-refractivity contribution in [1.29, 1.82) is 0 Å². The first kappa shape index (κ1) is 18.2. The van der Waals surface area contributed by atoms with Gasteiger partial charge in [0.05, 0.1) is 10.7 Å². The highest BCUT2D eigenvalue weighted by molar-refractivity contribution is 7.46. The first-order valence-electron chi connectivity index (χ1n) is 5.73. The topological polar surface area (TPSA) is 127 Å². The van der Waals surface area contributed by atoms with Crippen molar-refractivity contribution >= 4 is 54.2 Å². The molecule has 1 amide bonds. The van der Waals surface area contributed by atoms with Gasteiger partial charge in [0.15, 0.2) is 17.6 Å². The highest BCUT2D eigenvalue weighted by atomic mass is 35.5. The van der Waals surface area contributed by atoms with E-state index in [0.717, 1.165) is 4.80 Å². The molecule has 9 nitrogen and oxygen atoms in total. The van der Waals surface area contributed by atoms with E-state index < -0.39 is 20.5 Å². The van der Waals surface area contributed by atoms with E-state index in [1.54, 1.807) is 0 Å². The van der Waals surface area contributed by atoms with Crippen LogP contribution in [0.2, 0.25) is 15.2 Å². The predicted octanol–water partition coefficient (Wildman–Crippen LogP) is 2.56. The number of phosphoric acid groups is 1. The highest BCUT2D eigenvalue weighted by Gasteiger charge is 2.20. The number of hydrogen-bond acceptors (Lipinski definition) is 5. The molecule has 3 N–H and O–H groups in total. The maximum absolute atomic E-state index is 12.1. The number of anilines is 1. The maximum atomic E-state index is 12.1. The zero-order chi connectivity index (χ0) is 17.2. The SMILES string of the molecule is O=C(Nc1ccc(Cl)cc1Cl)c1nn(COP(=O)(O)O)nc1Cl. The number of rotatable bonds is 5. The lowest BCUT2D eigenvalue weighted by atomic mass is 10.3. The fourth-order valence-electron chi connectivity index (χ4n) is 1.42. The number of phosphoric ester groups is 1. The van der Waals surface area contributed by atoms with Gasteiger partial charge >= 0.3 is 7.82 Å². The number of hydrogen-bond donors (Lipinski definition) is 3. The van der Waals surface area contributed by atoms with Crippen molar-refractivity contribution in [2.45, 2.75) is 6.73 Å². The number of carbonyl (C=O) groups excluding carboxylic acids is 1. The van der Waals surface area contributed by atoms with Gasteiger partial charge in [0.2, 0.25) is 0 Å². The fourth-order valence-corrected chi connectivity index (χ4v) is 2.34. The second-order valence-corrected chi connectivity index (χ2v) is 6.48. The summed E-state index contributed by atoms with van der Waals surface area (Å²) in [6.45, 7) is -0.682. The summed E-state index contributed by atoms with van der Waals surface area (Å²) in [7, 11) is -4.70. The second-order valence-electron chi connectivity index (χ2n) is 4.04. The lowest BCUT2D eigenvalue weighted by Gasteiger charge is -2.06. The molecule has 1 aromatic heterocycles. The van der Waals surface area contributed by atoms with Crippen LogP contribution in [0.15, 0.2) is 18.2 Å². The minimum atomic E-state index is -4.70. The third-order valence-electron chi connectivity index (χ3n) is 2.35. The molecule has 1 aromatic carbocycles. The summed E-state index contributed by atoms with van der Waals surface area (Å²) in [5.41, 5.74) is 0.00476. The number of benzene rings is 1. The number of nitrogens with one attached hydrogen (secondary N) is 1. The molecule has 0 radical (unpaired) electrons. The van der Waals surface area contributed by atoms with Gasteiger partial charge in [-0.2, -0.15) is 4.80 Å². The minimum Gasteiger partial charge on any atom is -0.319 e. The zero-order valence-electron chi connectivity index (χ0n) is 11.0. The molecule has 0 saturated carbocycles. The molecule has 1 heterocycles. The van der Waals surface area contributed by atoms with Crippen molar-refractivity contribution in [3.05, 3.63) is 39.1 Å². The van der Waals surface area contributed by atoms with Gasteiger partial charge in [0.25, 0.3) is 5.91 Å². The van der Waals surface area contributed by atoms with Crippen LogP contribution in [0.4, 0.5) is 5.69 Å². The summed E-state index contributed by atoms with van der Waals surface area (Å²) in [5, 5.41) is 10.1. The lowest BCUT2D eigenvalue weighted by Crippen LogP contribution is -2.14. The largest absolute Gasteiger partial charge is 0.471 e. The molecule has 0 aliphatic rings. The molecule has 23 heavy (non-hydrogen) atoms. The maximum Gasteiger partial charge on any atom is 0.471 e. The van der Waals surface area contributed by atoms with E-state index in [2.05, 4.69) is 20.0 Å². The average molecular weight is 402 g/mol. The zero-order valence-corrected chi connectivity index (χ0v) is 14.1. The Bertz CT molecular complexity index is 793. The first-order valence-corrected chi connectivity index (χ1v) is 8.39. The summed E-state index contributed by atoms with van der Waals surface area (Å²) < 4.78 is 14.8. The van der Waals surface area contributed by atoms with Crippen molar-refractivity contribution in [3.63, 3.8) is 0 Å². The fraction of sp³-hybridized carbons (Fsp3) is 0.100. The van der Waals surface area contributed by atoms with Gasteiger partial charge < -0.3 is 15.1 Å². The van der Waals surface area contributed by atoms with Crippen LogP contribution < -0.4 is 5.32 Å². The Morgan fingerprint density at radius 3 is 2.61 bits per heavy atom. The highest BCUT2D eigenvalue weighted by Crippen LogP contribution is 2.36. The summed E-state index contributed by atoms with van der Waals surface area (Å²) in [5.74, 6) is -0.721. The normalized spacial score (nSPS) is 11.5. The predicted molar refractivity (Wildman–Crippen MR) is 82.6 cm³/mol. The molecule has 2 aromatic rings. The third-order valence-corrected chi connectivity index (χ3v) is 3.60. The van der Waals surface area contributed by atoms with Crippen LogP contribution in [0.3, 0.4) is 0 Å². The van der Waals surface area contributed by atoms with Crippen molar-refractivity contribution < 1.29 is 23.7 Å². The van der Waals surface area contributed by atoms with Crippen LogP contribution in [-0.4, -0.2) is 30.7 Å². The number of amides is 1. The number of aromatic nitrogens is 3. The molecule has 0 atom stereocenters. The molecule has 2 rings (SSSR count). The van der Waals surface area contributed by atoms with Crippen LogP contribution >= 0.6 is 42.6 Å². The first-order chi connectivity index (χ1) is 10.7. The minimum absolute atomic E-state index is 0.208. The number of nitrogens with zero attached hydrogens (tertiary/aromatic N) is 3. The van der Waals surface area contributed by atoms with Gasteiger partial charge in [0.1, 0.15) is 0 Å². The van der Waals surface area contributed by atoms with Crippen molar-refractivity contribution in [2.75, 3.05) is 5.32 Å². The van der Waals surface area contributed by atoms with Gasteiger partial charge in [-0.25, -0.2) is 4.57 Å². The Kier molecular flexibility index (Phi) is 5.64. The van der Waals surface area contributed by atoms with Crippen LogP contribution in [0.5, 0.6) is 0 Å². The molecule has 0 spiro atoms. The van der Waals surface area contributed by atoms with Gasteiger partial charge in [-0.3, -0.25) is 9.32 Å². The molecule has 13 heteroatoms. The quantitative estimate of drug-likeness (QED) is 0.657. The summed E-state index contributed by atoms with van der Waals surface area (Å²) >= 11 is 17.4. The molecule has 0 bridgehead atoms. The Hall–Kier alpha value is -1.19. The Balaban J connectivity index is 2.13. The number of halogens is 3. The van der Waals surface area contributed by atoms with Crippen LogP contribution in [0.1, 0.15) is 10.5 Å². The third kappa shape index (κ3) is 5.15. The Labute approximate surface area is 144 Å². The van der Waals surface area contributed by atoms with Crippen LogP contribution in [-0.2, 0) is 15.8 Å². The van der Waals surface area contributed by atoms with Gasteiger partial charge in [0, 0.05) is 5.02 Å². The van der Waals surface area contributed by atoms with Gasteiger partial charge in [-0.1, -0.05) is 34.8 Å². The van der Waals surface area contributed by atoms with Crippen molar-refractivity contribution in [2.24, 2.45) is 0 Å². The molecule has 0 aliphatic heterocycles. The van der Waals surface area contributed by atoms with E-state index in [-0.39, 0.29) is 21.6 Å². The Morgan fingerprint density at radius 2 is 2.00 bits per heavy atom. The van der Waals surface area contributed by atoms with Gasteiger partial charge in [-0.15, -0.1) is 10.2 Å². The van der Waals surface area contributed by atoms with Crippen LogP contribution in [0.25, 0.3) is 0 Å². The van der Waals surface area contributed by atoms with Crippen molar-refractivity contribution in [1.82, 2.24) is 15.0 Å². The smallest absolute Gasteiger partial charge is 0.319 e. The van der Waals surface area contributed by atoms with E-state index in [1.165, 1.54) is 18.2 Å². The van der Waals surface area contributed by atoms with Gasteiger partial charge in [-0.05, 0) is 18.2 Å². The van der Waals surface area contributed by atoms with E-state index in [0.29, 0.717) is 5.02 Å². The summed E-state index contributed by atoms with van der Waals surface area (Å²) in [6.07, 6.45) is 0. The van der Waals surface area contributed by atoms with E-state index >= 15 is 0 Å². The standard InChI is InChI=1S/C10H8Cl3N4O5P/c11-5-1-2-7(6(12)3-5)14-10(18)8-9(13)16-17(15-8)4-22-23(19,20)21/h1-3H,4H2,(H,14,18)(H2,19,20,21). The van der Waals surface area contributed by atoms with E-state index in [1.807, 2.05) is 0 Å². The Morgan fingerprint density at radius 1 is 1.30 bits per heavy atom. The average Bonchev–Trinajstić information content (AvgIpc) is 2.80. The van der Waals surface area contributed by atoms with E-state index in [9.17, 15) is 9.36 Å². The molecule has 0 saturated heterocycles. The second kappa shape index (κ2) is 7.14. The molecule has 0 fully saturated rings. The summed E-state index contributed by atoms with van der Waals surface area (Å²) in [6, 6.07) is 4.44. The molecule has 124 valence electrons. The van der Waals surface area contributed by atoms with Crippen LogP contribution in [0, 0.1) is 0 Å². The monoisotopic (exact) mass is 400 g/mol.